The van der Waals surface area contributed by atoms with Crippen LogP contribution < -0.4 is 9.80 Å². The van der Waals surface area contributed by atoms with E-state index in [0.29, 0.717) is 0 Å². The van der Waals surface area contributed by atoms with Gasteiger partial charge in [0.1, 0.15) is 0 Å². The summed E-state index contributed by atoms with van der Waals surface area (Å²) in [5.41, 5.74) is 12.9. The average molecular weight is 827 g/mol. The van der Waals surface area contributed by atoms with Gasteiger partial charge in [-0.05, 0) is 119 Å². The fourth-order valence-electron chi connectivity index (χ4n) is 9.41. The van der Waals surface area contributed by atoms with Crippen LogP contribution in [0.4, 0.5) is 34.1 Å². The van der Waals surface area contributed by atoms with Crippen molar-refractivity contribution in [2.45, 2.75) is 19.6 Å². The third-order valence-electron chi connectivity index (χ3n) is 12.2. The molecule has 13 rings (SSSR count). The Labute approximate surface area is 367 Å². The molecule has 0 bridgehead atoms. The monoisotopic (exact) mass is 826 g/mol. The van der Waals surface area contributed by atoms with Crippen LogP contribution in [0, 0.1) is 0 Å². The molecule has 0 unspecified atom stereocenters. The van der Waals surface area contributed by atoms with Gasteiger partial charge in [0.25, 0.3) is 0 Å². The Hall–Kier alpha value is -7.38. The molecule has 0 radical (unpaired) electrons. The first-order chi connectivity index (χ1) is 30.7. The molecule has 2 aromatic heterocycles. The molecule has 2 aliphatic rings. The molecule has 11 aromatic rings. The van der Waals surface area contributed by atoms with Crippen LogP contribution in [0.1, 0.15) is 0 Å². The molecule has 0 fully saturated rings. The molecule has 290 valence electrons. The fraction of sp³-hybridized carbons (Fsp3) is 0. The van der Waals surface area contributed by atoms with Crippen LogP contribution in [0.25, 0.3) is 65.9 Å². The normalized spacial score (nSPS) is 13.0. The number of aromatic nitrogens is 2. The lowest BCUT2D eigenvalue weighted by Crippen LogP contribution is -2.15. The highest BCUT2D eigenvalue weighted by Gasteiger charge is 2.28. The molecule has 4 nitrogen and oxygen atoms in total. The summed E-state index contributed by atoms with van der Waals surface area (Å²) >= 11 is 3.65. The van der Waals surface area contributed by atoms with Crippen LogP contribution in [0.3, 0.4) is 0 Å². The molecule has 0 amide bonds. The van der Waals surface area contributed by atoms with E-state index < -0.39 is 0 Å². The number of anilines is 6. The number of nitrogens with zero attached hydrogens (tertiary/aromatic N) is 4. The summed E-state index contributed by atoms with van der Waals surface area (Å²) in [5.74, 6) is 0. The van der Waals surface area contributed by atoms with Crippen molar-refractivity contribution in [2.75, 3.05) is 9.80 Å². The van der Waals surface area contributed by atoms with Gasteiger partial charge in [0, 0.05) is 52.9 Å². The van der Waals surface area contributed by atoms with E-state index in [1.807, 2.05) is 23.5 Å². The van der Waals surface area contributed by atoms with Crippen molar-refractivity contribution in [3.8, 4) is 22.5 Å². The lowest BCUT2D eigenvalue weighted by molar-refractivity contribution is 1.17. The quantitative estimate of drug-likeness (QED) is 0.164. The Morgan fingerprint density at radius 1 is 0.306 bits per heavy atom. The molecule has 2 aliphatic heterocycles. The van der Waals surface area contributed by atoms with Gasteiger partial charge in [0.2, 0.25) is 0 Å². The van der Waals surface area contributed by atoms with Crippen LogP contribution in [-0.4, -0.2) is 9.97 Å². The average Bonchev–Trinajstić information content (AvgIpc) is 3.33. The van der Waals surface area contributed by atoms with Crippen LogP contribution >= 0.6 is 23.5 Å². The Bertz CT molecular complexity index is 3310. The first-order valence-corrected chi connectivity index (χ1v) is 22.4. The second-order valence-electron chi connectivity index (χ2n) is 15.7. The smallest absolute Gasteiger partial charge is 0.0722 e. The minimum Gasteiger partial charge on any atom is -0.308 e. The molecule has 0 atom stereocenters. The third-order valence-corrected chi connectivity index (χ3v) is 14.4. The Balaban J connectivity index is 1.15. The summed E-state index contributed by atoms with van der Waals surface area (Å²) in [7, 11) is 0. The molecular formula is C56H34N4S2. The third kappa shape index (κ3) is 5.57. The predicted octanol–water partition coefficient (Wildman–Crippen LogP) is 16.3. The number of pyridine rings is 2. The number of fused-ring (bicyclic) bond motifs is 8. The van der Waals surface area contributed by atoms with Crippen LogP contribution in [0.5, 0.6) is 0 Å². The molecule has 0 spiro atoms. The van der Waals surface area contributed by atoms with Crippen molar-refractivity contribution in [1.82, 2.24) is 9.97 Å². The number of hydrogen-bond acceptors (Lipinski definition) is 6. The zero-order valence-corrected chi connectivity index (χ0v) is 34.9. The standard InChI is InChI=1S/C56H34N4S2/c1-3-15-43-35(13-1)25-31-45(57-43)55-39-29-27-38(60-49-19-7-11-23-53(49)62-54-24-12-8-20-50(54)60)34-42(39)56(46-32-26-36-14-2-4-16-44(36)58-46)40-30-28-37(33-41(40)55)59-47-17-5-9-21-51(47)61-52-22-10-6-18-48(52)59/h1-34H. The Kier molecular flexibility index (Phi) is 8.05. The summed E-state index contributed by atoms with van der Waals surface area (Å²) in [6, 6.07) is 74.5. The number of hydrogen-bond donors (Lipinski definition) is 0. The lowest BCUT2D eigenvalue weighted by Gasteiger charge is -2.33. The summed E-state index contributed by atoms with van der Waals surface area (Å²) in [6.07, 6.45) is 0. The van der Waals surface area contributed by atoms with E-state index in [1.165, 1.54) is 42.3 Å². The van der Waals surface area contributed by atoms with Crippen LogP contribution in [-0.2, 0) is 0 Å². The summed E-state index contributed by atoms with van der Waals surface area (Å²) in [4.78, 5) is 20.6. The first-order valence-electron chi connectivity index (χ1n) is 20.8. The van der Waals surface area contributed by atoms with E-state index in [-0.39, 0.29) is 0 Å². The molecule has 0 N–H and O–H groups in total. The highest BCUT2D eigenvalue weighted by Crippen LogP contribution is 2.55. The van der Waals surface area contributed by atoms with Gasteiger partial charge in [-0.3, -0.25) is 0 Å². The minimum atomic E-state index is 0.932. The Morgan fingerprint density at radius 3 is 1.06 bits per heavy atom. The van der Waals surface area contributed by atoms with Crippen molar-refractivity contribution in [3.63, 3.8) is 0 Å². The second kappa shape index (κ2) is 14.1. The highest BCUT2D eigenvalue weighted by atomic mass is 32.2. The van der Waals surface area contributed by atoms with Gasteiger partial charge >= 0.3 is 0 Å². The van der Waals surface area contributed by atoms with Gasteiger partial charge in [0.15, 0.2) is 0 Å². The second-order valence-corrected chi connectivity index (χ2v) is 17.9. The van der Waals surface area contributed by atoms with E-state index >= 15 is 0 Å². The van der Waals surface area contributed by atoms with Crippen LogP contribution in [0.2, 0.25) is 0 Å². The maximum Gasteiger partial charge on any atom is 0.0722 e. The summed E-state index contributed by atoms with van der Waals surface area (Å²) in [5, 5.41) is 6.71. The van der Waals surface area contributed by atoms with Gasteiger partial charge in [-0.15, -0.1) is 0 Å². The zero-order valence-electron chi connectivity index (χ0n) is 33.2. The zero-order chi connectivity index (χ0) is 40.7. The molecule has 0 saturated carbocycles. The fourth-order valence-corrected chi connectivity index (χ4v) is 11.5. The van der Waals surface area contributed by atoms with E-state index in [4.69, 9.17) is 9.97 Å². The minimum absolute atomic E-state index is 0.932. The number of para-hydroxylation sites is 6. The number of benzene rings is 9. The molecule has 6 heteroatoms. The maximum absolute atomic E-state index is 5.43. The van der Waals surface area contributed by atoms with E-state index in [1.54, 1.807) is 0 Å². The highest BCUT2D eigenvalue weighted by molar-refractivity contribution is 8.00. The topological polar surface area (TPSA) is 32.3 Å². The first kappa shape index (κ1) is 35.4. The van der Waals surface area contributed by atoms with Gasteiger partial charge < -0.3 is 9.80 Å². The molecule has 62 heavy (non-hydrogen) atoms. The predicted molar refractivity (Wildman–Crippen MR) is 261 cm³/mol. The van der Waals surface area contributed by atoms with E-state index in [2.05, 4.69) is 216 Å². The lowest BCUT2D eigenvalue weighted by atomic mass is 9.87. The summed E-state index contributed by atoms with van der Waals surface area (Å²) in [6.45, 7) is 0. The largest absolute Gasteiger partial charge is 0.308 e. The Morgan fingerprint density at radius 2 is 0.661 bits per heavy atom. The van der Waals surface area contributed by atoms with Gasteiger partial charge in [-0.1, -0.05) is 133 Å². The van der Waals surface area contributed by atoms with E-state index in [0.717, 1.165) is 77.2 Å². The SMILES string of the molecule is c1ccc2c(c1)Sc1ccccc1N2c1ccc2c(-c3ccc4ccccc4n3)c3cc(N4c5ccccc5Sc5ccccc54)ccc3c(-c3ccc4ccccc4n3)c2c1. The molecule has 0 saturated heterocycles. The van der Waals surface area contributed by atoms with Crippen LogP contribution in [0.15, 0.2) is 226 Å². The van der Waals surface area contributed by atoms with Gasteiger partial charge in [0.05, 0.1) is 45.2 Å². The molecule has 4 heterocycles. The van der Waals surface area contributed by atoms with Crippen molar-refractivity contribution in [3.05, 3.63) is 206 Å². The van der Waals surface area contributed by atoms with Gasteiger partial charge in [-0.25, -0.2) is 9.97 Å². The van der Waals surface area contributed by atoms with E-state index in [9.17, 15) is 0 Å². The van der Waals surface area contributed by atoms with Crippen molar-refractivity contribution in [1.29, 1.82) is 0 Å². The summed E-state index contributed by atoms with van der Waals surface area (Å²) < 4.78 is 0. The maximum atomic E-state index is 5.43. The van der Waals surface area contributed by atoms with Gasteiger partial charge in [-0.2, -0.15) is 0 Å². The van der Waals surface area contributed by atoms with Crippen molar-refractivity contribution < 1.29 is 0 Å². The molecular weight excluding hydrogens is 793 g/mol. The molecule has 9 aromatic carbocycles. The van der Waals surface area contributed by atoms with Crippen molar-refractivity contribution in [2.24, 2.45) is 0 Å². The molecule has 0 aliphatic carbocycles. The number of rotatable bonds is 4. The van der Waals surface area contributed by atoms with Crippen molar-refractivity contribution >= 4 is 101 Å².